The molecule has 0 spiro atoms. The lowest BCUT2D eigenvalue weighted by Gasteiger charge is -2.07. The fourth-order valence-electron chi connectivity index (χ4n) is 2.58. The number of anilines is 1. The summed E-state index contributed by atoms with van der Waals surface area (Å²) in [5, 5.41) is 2.94. The Morgan fingerprint density at radius 1 is 0.875 bits per heavy atom. The zero-order valence-electron chi connectivity index (χ0n) is 12.8. The maximum Gasteiger partial charge on any atom is 0.255 e. The fraction of sp³-hybridized carbons (Fsp3) is 0. The Balaban J connectivity index is 1.53. The SMILES string of the molecule is O=C(Nc1ccc2ncsc2c1)c1ccc(-c2ccccc2)cc1. The van der Waals surface area contributed by atoms with Crippen molar-refractivity contribution in [1.82, 2.24) is 4.98 Å². The molecule has 4 heteroatoms. The van der Waals surface area contributed by atoms with Crippen molar-refractivity contribution in [3.8, 4) is 11.1 Å². The highest BCUT2D eigenvalue weighted by molar-refractivity contribution is 7.16. The number of rotatable bonds is 3. The zero-order valence-corrected chi connectivity index (χ0v) is 13.6. The molecular formula is C20H14N2OS. The molecule has 3 aromatic carbocycles. The molecule has 0 aliphatic carbocycles. The van der Waals surface area contributed by atoms with E-state index in [1.165, 1.54) is 0 Å². The molecular weight excluding hydrogens is 316 g/mol. The number of benzene rings is 3. The number of amides is 1. The van der Waals surface area contributed by atoms with Gasteiger partial charge in [0.15, 0.2) is 0 Å². The number of nitrogens with zero attached hydrogens (tertiary/aromatic N) is 1. The minimum atomic E-state index is -0.113. The van der Waals surface area contributed by atoms with Crippen LogP contribution in [0.25, 0.3) is 21.3 Å². The van der Waals surface area contributed by atoms with Crippen molar-refractivity contribution in [3.63, 3.8) is 0 Å². The predicted molar refractivity (Wildman–Crippen MR) is 99.5 cm³/mol. The van der Waals surface area contributed by atoms with E-state index in [-0.39, 0.29) is 5.91 Å². The quantitative estimate of drug-likeness (QED) is 0.560. The lowest BCUT2D eigenvalue weighted by atomic mass is 10.0. The molecule has 4 rings (SSSR count). The van der Waals surface area contributed by atoms with E-state index in [0.29, 0.717) is 5.56 Å². The molecule has 4 aromatic rings. The average molecular weight is 330 g/mol. The van der Waals surface area contributed by atoms with Crippen molar-refractivity contribution in [2.45, 2.75) is 0 Å². The summed E-state index contributed by atoms with van der Waals surface area (Å²) in [6, 6.07) is 23.5. The van der Waals surface area contributed by atoms with Crippen molar-refractivity contribution >= 4 is 33.1 Å². The Morgan fingerprint density at radius 2 is 1.62 bits per heavy atom. The van der Waals surface area contributed by atoms with Gasteiger partial charge in [-0.25, -0.2) is 4.98 Å². The van der Waals surface area contributed by atoms with Crippen molar-refractivity contribution < 1.29 is 4.79 Å². The Labute approximate surface area is 143 Å². The van der Waals surface area contributed by atoms with Gasteiger partial charge in [0.25, 0.3) is 5.91 Å². The molecule has 3 nitrogen and oxygen atoms in total. The summed E-state index contributed by atoms with van der Waals surface area (Å²) in [4.78, 5) is 16.7. The Kier molecular flexibility index (Phi) is 3.81. The van der Waals surface area contributed by atoms with Crippen molar-refractivity contribution in [2.24, 2.45) is 0 Å². The summed E-state index contributed by atoms with van der Waals surface area (Å²) in [6.07, 6.45) is 0. The molecule has 116 valence electrons. The lowest BCUT2D eigenvalue weighted by Crippen LogP contribution is -2.11. The van der Waals surface area contributed by atoms with Crippen LogP contribution in [0, 0.1) is 0 Å². The highest BCUT2D eigenvalue weighted by Gasteiger charge is 2.07. The molecule has 0 bridgehead atoms. The first-order valence-corrected chi connectivity index (χ1v) is 8.48. The predicted octanol–water partition coefficient (Wildman–Crippen LogP) is 5.22. The summed E-state index contributed by atoms with van der Waals surface area (Å²) in [7, 11) is 0. The van der Waals surface area contributed by atoms with E-state index in [2.05, 4.69) is 22.4 Å². The maximum absolute atomic E-state index is 12.4. The number of carbonyl (C=O) groups is 1. The van der Waals surface area contributed by atoms with Gasteiger partial charge in [-0.15, -0.1) is 11.3 Å². The second kappa shape index (κ2) is 6.26. The van der Waals surface area contributed by atoms with Gasteiger partial charge in [0.1, 0.15) is 0 Å². The van der Waals surface area contributed by atoms with Gasteiger partial charge < -0.3 is 5.32 Å². The van der Waals surface area contributed by atoms with Gasteiger partial charge in [0, 0.05) is 11.3 Å². The normalized spacial score (nSPS) is 10.7. The average Bonchev–Trinajstić information content (AvgIpc) is 3.10. The van der Waals surface area contributed by atoms with E-state index in [1.807, 2.05) is 60.7 Å². The summed E-state index contributed by atoms with van der Waals surface area (Å²) < 4.78 is 1.06. The molecule has 0 aliphatic heterocycles. The van der Waals surface area contributed by atoms with Gasteiger partial charge in [-0.2, -0.15) is 0 Å². The van der Waals surface area contributed by atoms with Crippen LogP contribution in [0.2, 0.25) is 0 Å². The summed E-state index contributed by atoms with van der Waals surface area (Å²) in [6.45, 7) is 0. The first-order valence-electron chi connectivity index (χ1n) is 7.60. The largest absolute Gasteiger partial charge is 0.322 e. The van der Waals surface area contributed by atoms with Crippen LogP contribution in [0.1, 0.15) is 10.4 Å². The van der Waals surface area contributed by atoms with Gasteiger partial charge in [-0.1, -0.05) is 42.5 Å². The maximum atomic E-state index is 12.4. The molecule has 1 amide bonds. The summed E-state index contributed by atoms with van der Waals surface area (Å²) in [5.41, 5.74) is 6.41. The number of thiazole rings is 1. The molecule has 0 atom stereocenters. The van der Waals surface area contributed by atoms with E-state index in [0.717, 1.165) is 27.0 Å². The molecule has 1 N–H and O–H groups in total. The second-order valence-corrected chi connectivity index (χ2v) is 6.32. The van der Waals surface area contributed by atoms with Gasteiger partial charge >= 0.3 is 0 Å². The third-order valence-electron chi connectivity index (χ3n) is 3.84. The van der Waals surface area contributed by atoms with Crippen LogP contribution < -0.4 is 5.32 Å². The van der Waals surface area contributed by atoms with E-state index < -0.39 is 0 Å². The standard InChI is InChI=1S/C20H14N2OS/c23-20(22-17-10-11-18-19(12-17)24-13-21-18)16-8-6-15(7-9-16)14-4-2-1-3-5-14/h1-13H,(H,22,23). The zero-order chi connectivity index (χ0) is 16.4. The Bertz CT molecular complexity index is 991. The molecule has 1 aromatic heterocycles. The Morgan fingerprint density at radius 3 is 2.42 bits per heavy atom. The Hall–Kier alpha value is -2.98. The van der Waals surface area contributed by atoms with Crippen LogP contribution in [0.4, 0.5) is 5.69 Å². The number of fused-ring (bicyclic) bond motifs is 1. The highest BCUT2D eigenvalue weighted by atomic mass is 32.1. The number of carbonyl (C=O) groups excluding carboxylic acids is 1. The van der Waals surface area contributed by atoms with Crippen LogP contribution >= 0.6 is 11.3 Å². The van der Waals surface area contributed by atoms with E-state index in [9.17, 15) is 4.79 Å². The molecule has 0 radical (unpaired) electrons. The number of aromatic nitrogens is 1. The minimum absolute atomic E-state index is 0.113. The second-order valence-electron chi connectivity index (χ2n) is 5.43. The number of nitrogens with one attached hydrogen (secondary N) is 1. The van der Waals surface area contributed by atoms with E-state index in [1.54, 1.807) is 16.8 Å². The monoisotopic (exact) mass is 330 g/mol. The smallest absolute Gasteiger partial charge is 0.255 e. The molecule has 0 saturated heterocycles. The van der Waals surface area contributed by atoms with E-state index in [4.69, 9.17) is 0 Å². The first kappa shape index (κ1) is 14.6. The highest BCUT2D eigenvalue weighted by Crippen LogP contribution is 2.23. The minimum Gasteiger partial charge on any atom is -0.322 e. The molecule has 1 heterocycles. The van der Waals surface area contributed by atoms with Crippen LogP contribution in [0.15, 0.2) is 78.3 Å². The van der Waals surface area contributed by atoms with Gasteiger partial charge in [0.2, 0.25) is 0 Å². The van der Waals surface area contributed by atoms with Gasteiger partial charge in [-0.3, -0.25) is 4.79 Å². The third-order valence-corrected chi connectivity index (χ3v) is 4.64. The molecule has 0 fully saturated rings. The van der Waals surface area contributed by atoms with Gasteiger partial charge in [0.05, 0.1) is 15.7 Å². The molecule has 0 unspecified atom stereocenters. The number of hydrogen-bond donors (Lipinski definition) is 1. The molecule has 0 saturated carbocycles. The third kappa shape index (κ3) is 2.92. The summed E-state index contributed by atoms with van der Waals surface area (Å²) in [5.74, 6) is -0.113. The van der Waals surface area contributed by atoms with Crippen LogP contribution in [0.5, 0.6) is 0 Å². The molecule has 24 heavy (non-hydrogen) atoms. The topological polar surface area (TPSA) is 42.0 Å². The first-order chi connectivity index (χ1) is 11.8. The lowest BCUT2D eigenvalue weighted by molar-refractivity contribution is 0.102. The van der Waals surface area contributed by atoms with Crippen molar-refractivity contribution in [3.05, 3.63) is 83.9 Å². The van der Waals surface area contributed by atoms with Crippen LogP contribution in [-0.4, -0.2) is 10.9 Å². The van der Waals surface area contributed by atoms with Crippen LogP contribution in [0.3, 0.4) is 0 Å². The van der Waals surface area contributed by atoms with Crippen LogP contribution in [-0.2, 0) is 0 Å². The van der Waals surface area contributed by atoms with E-state index >= 15 is 0 Å². The summed E-state index contributed by atoms with van der Waals surface area (Å²) >= 11 is 1.56. The molecule has 0 aliphatic rings. The fourth-order valence-corrected chi connectivity index (χ4v) is 3.30. The van der Waals surface area contributed by atoms with Crippen molar-refractivity contribution in [1.29, 1.82) is 0 Å². The van der Waals surface area contributed by atoms with Crippen molar-refractivity contribution in [2.75, 3.05) is 5.32 Å². The van der Waals surface area contributed by atoms with Gasteiger partial charge in [-0.05, 0) is 41.5 Å². The number of hydrogen-bond acceptors (Lipinski definition) is 3.